The number of esters is 1. The lowest BCUT2D eigenvalue weighted by molar-refractivity contribution is -0.129. The number of nitriles is 4. The average molecular weight is 861 g/mol. The number of carbonyl (C=O) groups excluding carboxylic acids is 1. The number of hydrogen-bond acceptors (Lipinski definition) is 13. The number of benzene rings is 4. The molecule has 0 aromatic heterocycles. The molecule has 6 rings (SSSR count). The summed E-state index contributed by atoms with van der Waals surface area (Å²) in [5.74, 6) is -0.347. The molecule has 0 atom stereocenters. The summed E-state index contributed by atoms with van der Waals surface area (Å²) in [7, 11) is -4.50. The summed E-state index contributed by atoms with van der Waals surface area (Å²) in [5.41, 5.74) is -0.489. The van der Waals surface area contributed by atoms with E-state index in [4.69, 9.17) is 8.92 Å². The van der Waals surface area contributed by atoms with Crippen LogP contribution in [0.5, 0.6) is 11.5 Å². The van der Waals surface area contributed by atoms with Crippen molar-refractivity contribution in [2.45, 2.75) is 77.0 Å². The van der Waals surface area contributed by atoms with Gasteiger partial charge in [0.1, 0.15) is 56.7 Å². The summed E-state index contributed by atoms with van der Waals surface area (Å²) >= 11 is 6.71. The lowest BCUT2D eigenvalue weighted by atomic mass is 9.94. The Bertz CT molecular complexity index is 2800. The molecule has 4 aromatic rings. The first kappa shape index (κ1) is 42.5. The predicted molar refractivity (Wildman–Crippen MR) is 235 cm³/mol. The zero-order chi connectivity index (χ0) is 41.4. The van der Waals surface area contributed by atoms with Gasteiger partial charge in [0.15, 0.2) is 0 Å². The van der Waals surface area contributed by atoms with Crippen LogP contribution in [0.4, 0.5) is 0 Å². The zero-order valence-electron chi connectivity index (χ0n) is 31.9. The predicted octanol–water partition coefficient (Wildman–Crippen LogP) is 10.8. The number of thioether (sulfide) groups is 4. The van der Waals surface area contributed by atoms with Crippen molar-refractivity contribution in [3.63, 3.8) is 0 Å². The van der Waals surface area contributed by atoms with Gasteiger partial charge in [0, 0.05) is 25.2 Å². The molecule has 0 spiro atoms. The summed E-state index contributed by atoms with van der Waals surface area (Å²) in [6.07, 6.45) is 9.28. The van der Waals surface area contributed by atoms with E-state index < -0.39 is 16.1 Å². The highest BCUT2D eigenvalue weighted by atomic mass is 32.2. The van der Waals surface area contributed by atoms with Crippen LogP contribution in [-0.4, -0.2) is 14.4 Å². The highest BCUT2D eigenvalue weighted by molar-refractivity contribution is 8.34. The van der Waals surface area contributed by atoms with Crippen LogP contribution in [0.25, 0.3) is 32.7 Å². The van der Waals surface area contributed by atoms with E-state index in [2.05, 4.69) is 13.8 Å². The Morgan fingerprint density at radius 2 is 1.14 bits per heavy atom. The minimum absolute atomic E-state index is 0.0503. The molecule has 0 N–H and O–H groups in total. The Morgan fingerprint density at radius 3 is 1.67 bits per heavy atom. The van der Waals surface area contributed by atoms with E-state index in [9.17, 15) is 34.3 Å². The number of carbonyl (C=O) groups is 1. The van der Waals surface area contributed by atoms with Gasteiger partial charge in [-0.3, -0.25) is 0 Å². The van der Waals surface area contributed by atoms with Gasteiger partial charge >= 0.3 is 16.1 Å². The molecule has 2 aliphatic rings. The Labute approximate surface area is 354 Å². The van der Waals surface area contributed by atoms with Crippen molar-refractivity contribution < 1.29 is 22.1 Å². The van der Waals surface area contributed by atoms with Crippen LogP contribution in [0.2, 0.25) is 0 Å². The first-order chi connectivity index (χ1) is 28.1. The van der Waals surface area contributed by atoms with Gasteiger partial charge in [-0.25, -0.2) is 4.79 Å². The number of allylic oxidation sites excluding steroid dienone is 3. The standard InChI is InChI=1S/C44H36N4O5S5/c1-4-6-8-14-37-38(15-9-7-5-2)56-44(55-37)43-54-27(3)41(57-43)42(49)52-30-16-18-31(19-17-30)53-58(50,51)32-20-21-35-36(22-32)40(29(25-47)26-48)34-13-11-10-12-33(34)39(35)28(23-45)24-46/h10-13,16-22H,4-9,14-15H2,1-3H3. The second kappa shape index (κ2) is 19.1. The van der Waals surface area contributed by atoms with Crippen molar-refractivity contribution >= 4 is 95.8 Å². The molecule has 0 saturated heterocycles. The Kier molecular flexibility index (Phi) is 14.0. The average Bonchev–Trinajstić information content (AvgIpc) is 3.82. The van der Waals surface area contributed by atoms with E-state index in [1.54, 1.807) is 36.0 Å². The molecule has 0 bridgehead atoms. The number of unbranched alkanes of at least 4 members (excludes halogenated alkanes) is 4. The normalized spacial score (nSPS) is 14.0. The summed E-state index contributed by atoms with van der Waals surface area (Å²) in [5, 5.41) is 41.1. The molecule has 292 valence electrons. The molecular formula is C44H36N4O5S5. The highest BCUT2D eigenvalue weighted by Gasteiger charge is 2.32. The number of nitrogens with zero attached hydrogens (tertiary/aromatic N) is 4. The SMILES string of the molecule is CCCCCC1=C(CCCCC)SC(=C2SC(C)=C(C(=O)Oc3ccc(OS(=O)(=O)c4ccc5c(=C(C#N)C#N)c6ccccc6c(=C(C#N)C#N)c5c4)cc3)S2)S1. The molecule has 0 saturated carbocycles. The van der Waals surface area contributed by atoms with Crippen molar-refractivity contribution in [3.05, 3.63) is 105 Å². The van der Waals surface area contributed by atoms with Gasteiger partial charge in [0.05, 0.1) is 8.47 Å². The third-order valence-electron chi connectivity index (χ3n) is 9.34. The monoisotopic (exact) mass is 860 g/mol. The smallest absolute Gasteiger partial charge is 0.351 e. The van der Waals surface area contributed by atoms with Crippen LogP contribution in [-0.2, 0) is 14.9 Å². The maximum Gasteiger partial charge on any atom is 0.351 e. The molecule has 0 amide bonds. The van der Waals surface area contributed by atoms with E-state index in [-0.39, 0.29) is 43.4 Å². The first-order valence-electron chi connectivity index (χ1n) is 18.6. The van der Waals surface area contributed by atoms with E-state index in [1.165, 1.54) is 107 Å². The van der Waals surface area contributed by atoms with Crippen molar-refractivity contribution in [1.29, 1.82) is 21.0 Å². The zero-order valence-corrected chi connectivity index (χ0v) is 36.0. The molecule has 58 heavy (non-hydrogen) atoms. The molecule has 0 aliphatic carbocycles. The van der Waals surface area contributed by atoms with Gasteiger partial charge in [-0.15, -0.1) is 0 Å². The van der Waals surface area contributed by atoms with E-state index in [1.807, 2.05) is 54.7 Å². The number of hydrogen-bond donors (Lipinski definition) is 0. The van der Waals surface area contributed by atoms with E-state index >= 15 is 0 Å². The highest BCUT2D eigenvalue weighted by Crippen LogP contribution is 2.61. The van der Waals surface area contributed by atoms with Gasteiger partial charge in [-0.1, -0.05) is 117 Å². The molecule has 0 fully saturated rings. The summed E-state index contributed by atoms with van der Waals surface area (Å²) in [4.78, 5) is 17.4. The van der Waals surface area contributed by atoms with Crippen molar-refractivity contribution in [3.8, 4) is 35.8 Å². The van der Waals surface area contributed by atoms with Crippen LogP contribution >= 0.6 is 47.0 Å². The van der Waals surface area contributed by atoms with Crippen LogP contribution < -0.4 is 19.4 Å². The fourth-order valence-electron chi connectivity index (χ4n) is 6.55. The fourth-order valence-corrected chi connectivity index (χ4v) is 13.2. The van der Waals surface area contributed by atoms with Crippen LogP contribution in [0.15, 0.2) is 99.7 Å². The minimum atomic E-state index is -4.50. The third kappa shape index (κ3) is 9.13. The van der Waals surface area contributed by atoms with Gasteiger partial charge in [0.25, 0.3) is 0 Å². The van der Waals surface area contributed by atoms with E-state index in [0.29, 0.717) is 21.1 Å². The first-order valence-corrected chi connectivity index (χ1v) is 23.2. The summed E-state index contributed by atoms with van der Waals surface area (Å²) in [6.45, 7) is 6.34. The Hall–Kier alpha value is -5.06. The van der Waals surface area contributed by atoms with Crippen molar-refractivity contribution in [2.24, 2.45) is 0 Å². The lowest BCUT2D eigenvalue weighted by Gasteiger charge is -2.12. The van der Waals surface area contributed by atoms with Gasteiger partial charge in [-0.2, -0.15) is 29.5 Å². The number of rotatable bonds is 13. The van der Waals surface area contributed by atoms with Crippen LogP contribution in [0.1, 0.15) is 72.1 Å². The molecule has 0 unspecified atom stereocenters. The molecule has 4 aromatic carbocycles. The Balaban J connectivity index is 1.21. The quantitative estimate of drug-likeness (QED) is 0.0410. The topological polar surface area (TPSA) is 165 Å². The van der Waals surface area contributed by atoms with Crippen LogP contribution in [0, 0.1) is 45.3 Å². The van der Waals surface area contributed by atoms with Gasteiger partial charge < -0.3 is 8.92 Å². The molecule has 2 aliphatic heterocycles. The largest absolute Gasteiger partial charge is 0.423 e. The van der Waals surface area contributed by atoms with Crippen molar-refractivity contribution in [2.75, 3.05) is 0 Å². The third-order valence-corrected chi connectivity index (χ3v) is 16.5. The minimum Gasteiger partial charge on any atom is -0.423 e. The van der Waals surface area contributed by atoms with Crippen molar-refractivity contribution in [1.82, 2.24) is 0 Å². The summed E-state index contributed by atoms with van der Waals surface area (Å²) < 4.78 is 40.8. The molecule has 2 heterocycles. The maximum absolute atomic E-state index is 13.7. The Morgan fingerprint density at radius 1 is 0.638 bits per heavy atom. The molecule has 14 heteroatoms. The molecule has 0 radical (unpaired) electrons. The molecular weight excluding hydrogens is 825 g/mol. The number of fused-ring (bicyclic) bond motifs is 2. The fraction of sp³-hybridized carbons (Fsp3) is 0.250. The van der Waals surface area contributed by atoms with Gasteiger partial charge in [-0.05, 0) is 90.6 Å². The van der Waals surface area contributed by atoms with Gasteiger partial charge in [0.2, 0.25) is 0 Å². The second-order valence-electron chi connectivity index (χ2n) is 13.2. The van der Waals surface area contributed by atoms with Crippen LogP contribution in [0.3, 0.4) is 0 Å². The molecule has 9 nitrogen and oxygen atoms in total. The lowest BCUT2D eigenvalue weighted by Crippen LogP contribution is -2.19. The number of ether oxygens (including phenoxy) is 1. The maximum atomic E-state index is 13.7. The second-order valence-corrected chi connectivity index (χ2v) is 19.7. The summed E-state index contributed by atoms with van der Waals surface area (Å²) in [6, 6.07) is 23.9. The van der Waals surface area contributed by atoms with E-state index in [0.717, 1.165) is 22.0 Å².